The number of hydrogen-bond acceptors (Lipinski definition) is 8. The number of thiazole rings is 1. The quantitative estimate of drug-likeness (QED) is 0.694. The van der Waals surface area contributed by atoms with Crippen LogP contribution < -0.4 is 10.6 Å². The molecule has 0 atom stereocenters. The minimum Gasteiger partial charge on any atom is -0.462 e. The number of methoxy groups -OCH3 is 1. The normalized spacial score (nSPS) is 13.3. The zero-order valence-corrected chi connectivity index (χ0v) is 17.0. The SMILES string of the molecule is CCOC(=O)c1ccc(NC(=O)CN2CCc3nc(NC(=O)OC)sc3C2)cc1. The van der Waals surface area contributed by atoms with Gasteiger partial charge in [-0.15, -0.1) is 0 Å². The average molecular weight is 418 g/mol. The van der Waals surface area contributed by atoms with Crippen molar-refractivity contribution in [3.05, 3.63) is 40.4 Å². The van der Waals surface area contributed by atoms with Crippen molar-refractivity contribution in [3.63, 3.8) is 0 Å². The summed E-state index contributed by atoms with van der Waals surface area (Å²) in [5.41, 5.74) is 1.99. The number of nitrogens with zero attached hydrogens (tertiary/aromatic N) is 2. The van der Waals surface area contributed by atoms with Crippen LogP contribution in [0.5, 0.6) is 0 Å². The predicted octanol–water partition coefficient (Wildman–Crippen LogP) is 2.49. The van der Waals surface area contributed by atoms with Crippen molar-refractivity contribution in [2.24, 2.45) is 0 Å². The Balaban J connectivity index is 1.53. The average Bonchev–Trinajstić information content (AvgIpc) is 3.10. The van der Waals surface area contributed by atoms with Gasteiger partial charge in [-0.25, -0.2) is 14.6 Å². The van der Waals surface area contributed by atoms with Crippen LogP contribution in [0, 0.1) is 0 Å². The molecule has 0 spiro atoms. The van der Waals surface area contributed by atoms with E-state index in [0.29, 0.717) is 42.5 Å². The van der Waals surface area contributed by atoms with Gasteiger partial charge in [0.1, 0.15) is 0 Å². The lowest BCUT2D eigenvalue weighted by atomic mass is 10.2. The Morgan fingerprint density at radius 2 is 1.97 bits per heavy atom. The smallest absolute Gasteiger partial charge is 0.413 e. The van der Waals surface area contributed by atoms with Crippen LogP contribution >= 0.6 is 11.3 Å². The van der Waals surface area contributed by atoms with Gasteiger partial charge in [-0.2, -0.15) is 0 Å². The predicted molar refractivity (Wildman–Crippen MR) is 108 cm³/mol. The Morgan fingerprint density at radius 3 is 2.66 bits per heavy atom. The van der Waals surface area contributed by atoms with E-state index in [1.165, 1.54) is 18.4 Å². The van der Waals surface area contributed by atoms with E-state index >= 15 is 0 Å². The number of rotatable bonds is 6. The maximum Gasteiger partial charge on any atom is 0.413 e. The summed E-state index contributed by atoms with van der Waals surface area (Å²) in [6.45, 7) is 3.58. The third kappa shape index (κ3) is 5.52. The number of anilines is 2. The Morgan fingerprint density at radius 1 is 1.21 bits per heavy atom. The number of hydrogen-bond donors (Lipinski definition) is 2. The molecule has 10 heteroatoms. The summed E-state index contributed by atoms with van der Waals surface area (Å²) in [4.78, 5) is 42.8. The van der Waals surface area contributed by atoms with Crippen LogP contribution in [-0.2, 0) is 27.2 Å². The lowest BCUT2D eigenvalue weighted by Crippen LogP contribution is -2.36. The molecule has 2 N–H and O–H groups in total. The summed E-state index contributed by atoms with van der Waals surface area (Å²) < 4.78 is 9.52. The van der Waals surface area contributed by atoms with E-state index in [2.05, 4.69) is 20.4 Å². The molecule has 0 bridgehead atoms. The van der Waals surface area contributed by atoms with Gasteiger partial charge in [-0.3, -0.25) is 15.0 Å². The first-order valence-corrected chi connectivity index (χ1v) is 9.93. The highest BCUT2D eigenvalue weighted by molar-refractivity contribution is 7.15. The minimum absolute atomic E-state index is 0.144. The van der Waals surface area contributed by atoms with Gasteiger partial charge in [-0.1, -0.05) is 11.3 Å². The molecular weight excluding hydrogens is 396 g/mol. The van der Waals surface area contributed by atoms with E-state index < -0.39 is 6.09 Å². The van der Waals surface area contributed by atoms with Gasteiger partial charge in [-0.05, 0) is 31.2 Å². The van der Waals surface area contributed by atoms with Crippen molar-refractivity contribution in [3.8, 4) is 0 Å². The highest BCUT2D eigenvalue weighted by Crippen LogP contribution is 2.28. The first-order chi connectivity index (χ1) is 14.0. The number of esters is 1. The zero-order valence-electron chi connectivity index (χ0n) is 16.2. The van der Waals surface area contributed by atoms with Crippen LogP contribution in [-0.4, -0.2) is 54.7 Å². The zero-order chi connectivity index (χ0) is 20.8. The second-order valence-corrected chi connectivity index (χ2v) is 7.40. The first kappa shape index (κ1) is 20.7. The van der Waals surface area contributed by atoms with E-state index in [-0.39, 0.29) is 18.4 Å². The van der Waals surface area contributed by atoms with Crippen LogP contribution in [0.3, 0.4) is 0 Å². The van der Waals surface area contributed by atoms with Crippen molar-refractivity contribution in [1.29, 1.82) is 0 Å². The Hall–Kier alpha value is -2.98. The second kappa shape index (κ2) is 9.48. The largest absolute Gasteiger partial charge is 0.462 e. The van der Waals surface area contributed by atoms with E-state index in [9.17, 15) is 14.4 Å². The number of carbonyl (C=O) groups is 3. The van der Waals surface area contributed by atoms with Gasteiger partial charge < -0.3 is 14.8 Å². The highest BCUT2D eigenvalue weighted by atomic mass is 32.1. The molecule has 0 saturated carbocycles. The minimum atomic E-state index is -0.554. The molecule has 0 radical (unpaired) electrons. The van der Waals surface area contributed by atoms with Crippen LogP contribution in [0.4, 0.5) is 15.6 Å². The monoisotopic (exact) mass is 418 g/mol. The first-order valence-electron chi connectivity index (χ1n) is 9.11. The van der Waals surface area contributed by atoms with Gasteiger partial charge in [0.2, 0.25) is 5.91 Å². The molecule has 1 aromatic carbocycles. The molecule has 1 aliphatic heterocycles. The van der Waals surface area contributed by atoms with Crippen LogP contribution in [0.25, 0.3) is 0 Å². The molecule has 29 heavy (non-hydrogen) atoms. The number of ether oxygens (including phenoxy) is 2. The summed E-state index contributed by atoms with van der Waals surface area (Å²) in [6, 6.07) is 6.58. The third-order valence-corrected chi connectivity index (χ3v) is 5.25. The van der Waals surface area contributed by atoms with Crippen molar-refractivity contribution >= 4 is 40.1 Å². The van der Waals surface area contributed by atoms with Crippen LogP contribution in [0.15, 0.2) is 24.3 Å². The van der Waals surface area contributed by atoms with Crippen molar-refractivity contribution in [2.45, 2.75) is 19.9 Å². The lowest BCUT2D eigenvalue weighted by Gasteiger charge is -2.25. The maximum atomic E-state index is 12.4. The van der Waals surface area contributed by atoms with Crippen molar-refractivity contribution < 1.29 is 23.9 Å². The molecule has 2 aromatic rings. The molecule has 2 amide bonds. The number of nitrogens with one attached hydrogen (secondary N) is 2. The molecule has 154 valence electrons. The molecule has 0 saturated heterocycles. The lowest BCUT2D eigenvalue weighted by molar-refractivity contribution is -0.117. The summed E-state index contributed by atoms with van der Waals surface area (Å²) in [7, 11) is 1.30. The van der Waals surface area contributed by atoms with Gasteiger partial charge in [0.05, 0.1) is 31.5 Å². The van der Waals surface area contributed by atoms with E-state index in [1.807, 2.05) is 4.90 Å². The number of fused-ring (bicyclic) bond motifs is 1. The van der Waals surface area contributed by atoms with Crippen LogP contribution in [0.1, 0.15) is 27.9 Å². The highest BCUT2D eigenvalue weighted by Gasteiger charge is 2.23. The topological polar surface area (TPSA) is 110 Å². The molecule has 0 aliphatic carbocycles. The Bertz CT molecular complexity index is 897. The van der Waals surface area contributed by atoms with E-state index in [0.717, 1.165) is 10.6 Å². The fourth-order valence-corrected chi connectivity index (χ4v) is 3.92. The molecule has 0 unspecified atom stereocenters. The van der Waals surface area contributed by atoms with E-state index in [4.69, 9.17) is 4.74 Å². The summed E-state index contributed by atoms with van der Waals surface area (Å²) >= 11 is 1.38. The van der Waals surface area contributed by atoms with Gasteiger partial charge in [0.25, 0.3) is 0 Å². The van der Waals surface area contributed by atoms with Crippen molar-refractivity contribution in [1.82, 2.24) is 9.88 Å². The van der Waals surface area contributed by atoms with Gasteiger partial charge >= 0.3 is 12.1 Å². The summed E-state index contributed by atoms with van der Waals surface area (Å²) in [5, 5.41) is 5.90. The number of aromatic nitrogens is 1. The Labute approximate surface area is 172 Å². The third-order valence-electron chi connectivity index (χ3n) is 4.25. The molecule has 1 aliphatic rings. The molecule has 3 rings (SSSR count). The van der Waals surface area contributed by atoms with Gasteiger partial charge in [0, 0.05) is 30.1 Å². The molecule has 9 nitrogen and oxygen atoms in total. The molecule has 0 fully saturated rings. The number of carbonyl (C=O) groups excluding carboxylic acids is 3. The molecular formula is C19H22N4O5S. The molecule has 1 aromatic heterocycles. The fourth-order valence-electron chi connectivity index (χ4n) is 2.88. The van der Waals surface area contributed by atoms with Gasteiger partial charge in [0.15, 0.2) is 5.13 Å². The second-order valence-electron chi connectivity index (χ2n) is 6.31. The maximum absolute atomic E-state index is 12.4. The number of benzene rings is 1. The molecule has 2 heterocycles. The Kier molecular flexibility index (Phi) is 6.78. The number of amides is 2. The summed E-state index contributed by atoms with van der Waals surface area (Å²) in [6.07, 6.45) is 0.150. The van der Waals surface area contributed by atoms with Crippen molar-refractivity contribution in [2.75, 3.05) is 37.4 Å². The fraction of sp³-hybridized carbons (Fsp3) is 0.368. The summed E-state index contributed by atoms with van der Waals surface area (Å²) in [5.74, 6) is -0.533. The van der Waals surface area contributed by atoms with E-state index in [1.54, 1.807) is 31.2 Å². The van der Waals surface area contributed by atoms with Crippen LogP contribution in [0.2, 0.25) is 0 Å². The standard InChI is InChI=1S/C19H22N4O5S/c1-3-28-17(25)12-4-6-13(7-5-12)20-16(24)11-23-9-8-14-15(10-23)29-18(21-14)22-19(26)27-2/h4-7H,3,8-11H2,1-2H3,(H,20,24)(H,21,22,26).